The number of nitrogens with zero attached hydrogens (tertiary/aromatic N) is 1. The van der Waals surface area contributed by atoms with Gasteiger partial charge in [-0.15, -0.1) is 13.2 Å². The van der Waals surface area contributed by atoms with Crippen LogP contribution < -0.4 is 10.1 Å². The van der Waals surface area contributed by atoms with Crippen molar-refractivity contribution in [1.29, 1.82) is 0 Å². The maximum Gasteiger partial charge on any atom is 0.573 e. The quantitative estimate of drug-likeness (QED) is 0.898. The van der Waals surface area contributed by atoms with Crippen molar-refractivity contribution in [3.05, 3.63) is 29.8 Å². The predicted molar refractivity (Wildman–Crippen MR) is 79.8 cm³/mol. The molecule has 2 rings (SSSR count). The zero-order chi connectivity index (χ0) is 16.2. The Morgan fingerprint density at radius 3 is 2.50 bits per heavy atom. The van der Waals surface area contributed by atoms with E-state index in [1.165, 1.54) is 12.1 Å². The number of hydrogen-bond acceptors (Lipinski definition) is 3. The van der Waals surface area contributed by atoms with E-state index in [1.807, 2.05) is 6.07 Å². The molecule has 0 saturated carbocycles. The van der Waals surface area contributed by atoms with Gasteiger partial charge in [0.1, 0.15) is 5.75 Å². The van der Waals surface area contributed by atoms with E-state index in [0.717, 1.165) is 38.2 Å². The summed E-state index contributed by atoms with van der Waals surface area (Å²) in [6.07, 6.45) is -3.74. The van der Waals surface area contributed by atoms with E-state index in [4.69, 9.17) is 0 Å². The van der Waals surface area contributed by atoms with Gasteiger partial charge < -0.3 is 10.1 Å². The van der Waals surface area contributed by atoms with Crippen LogP contribution in [0, 0.1) is 5.92 Å². The second-order valence-electron chi connectivity index (χ2n) is 6.05. The van der Waals surface area contributed by atoms with E-state index in [9.17, 15) is 13.2 Å². The SMILES string of the molecule is CC(C)C[C@H](c1cccc(OC(F)(F)F)c1)N1CCNCC1. The summed E-state index contributed by atoms with van der Waals surface area (Å²) in [4.78, 5) is 2.34. The minimum Gasteiger partial charge on any atom is -0.406 e. The molecule has 0 aromatic heterocycles. The number of nitrogens with one attached hydrogen (secondary N) is 1. The van der Waals surface area contributed by atoms with Gasteiger partial charge >= 0.3 is 6.36 Å². The van der Waals surface area contributed by atoms with Crippen LogP contribution >= 0.6 is 0 Å². The Balaban J connectivity index is 2.20. The molecule has 1 aromatic rings. The van der Waals surface area contributed by atoms with Crippen LogP contribution in [0.5, 0.6) is 5.75 Å². The van der Waals surface area contributed by atoms with Crippen LogP contribution in [0.1, 0.15) is 31.9 Å². The monoisotopic (exact) mass is 316 g/mol. The van der Waals surface area contributed by atoms with Crippen molar-refractivity contribution >= 4 is 0 Å². The van der Waals surface area contributed by atoms with E-state index in [2.05, 4.69) is 28.8 Å². The van der Waals surface area contributed by atoms with Gasteiger partial charge in [0.05, 0.1) is 0 Å². The van der Waals surface area contributed by atoms with Gasteiger partial charge in [-0.3, -0.25) is 4.90 Å². The van der Waals surface area contributed by atoms with Crippen molar-refractivity contribution in [2.75, 3.05) is 26.2 Å². The average Bonchev–Trinajstić information content (AvgIpc) is 2.44. The highest BCUT2D eigenvalue weighted by atomic mass is 19.4. The van der Waals surface area contributed by atoms with E-state index in [-0.39, 0.29) is 11.8 Å². The molecule has 0 aliphatic carbocycles. The first-order valence-corrected chi connectivity index (χ1v) is 7.65. The maximum absolute atomic E-state index is 12.4. The standard InChI is InChI=1S/C16H23F3N2O/c1-12(2)10-15(21-8-6-20-7-9-21)13-4-3-5-14(11-13)22-16(17,18)19/h3-5,11-12,15,20H,6-10H2,1-2H3/t15-/m1/s1. The Bertz CT molecular complexity index is 471. The van der Waals surface area contributed by atoms with Crippen molar-refractivity contribution in [3.8, 4) is 5.75 Å². The molecule has 0 bridgehead atoms. The first-order chi connectivity index (χ1) is 10.3. The molecule has 1 atom stereocenters. The van der Waals surface area contributed by atoms with Crippen molar-refractivity contribution in [3.63, 3.8) is 0 Å². The molecule has 3 nitrogen and oxygen atoms in total. The normalized spacial score (nSPS) is 18.5. The largest absolute Gasteiger partial charge is 0.573 e. The van der Waals surface area contributed by atoms with Crippen LogP contribution in [0.2, 0.25) is 0 Å². The summed E-state index contributed by atoms with van der Waals surface area (Å²) >= 11 is 0. The molecule has 1 heterocycles. The zero-order valence-electron chi connectivity index (χ0n) is 13.0. The lowest BCUT2D eigenvalue weighted by atomic mass is 9.95. The molecule has 1 aliphatic rings. The highest BCUT2D eigenvalue weighted by Crippen LogP contribution is 2.31. The number of piperazine rings is 1. The fourth-order valence-corrected chi connectivity index (χ4v) is 2.86. The second kappa shape index (κ2) is 7.33. The van der Waals surface area contributed by atoms with Gasteiger partial charge in [-0.05, 0) is 30.0 Å². The number of rotatable bonds is 5. The van der Waals surface area contributed by atoms with Crippen molar-refractivity contribution in [2.24, 2.45) is 5.92 Å². The number of alkyl halides is 3. The zero-order valence-corrected chi connectivity index (χ0v) is 13.0. The van der Waals surface area contributed by atoms with E-state index < -0.39 is 6.36 Å². The molecular formula is C16H23F3N2O. The number of ether oxygens (including phenoxy) is 1. The van der Waals surface area contributed by atoms with Gasteiger partial charge in [0, 0.05) is 32.2 Å². The number of benzene rings is 1. The Hall–Kier alpha value is -1.27. The minimum absolute atomic E-state index is 0.124. The van der Waals surface area contributed by atoms with Gasteiger partial charge in [0.25, 0.3) is 0 Å². The molecule has 0 unspecified atom stereocenters. The van der Waals surface area contributed by atoms with Gasteiger partial charge in [-0.25, -0.2) is 0 Å². The molecule has 22 heavy (non-hydrogen) atoms. The molecule has 0 spiro atoms. The van der Waals surface area contributed by atoms with Crippen LogP contribution in [0.4, 0.5) is 13.2 Å². The maximum atomic E-state index is 12.4. The molecule has 124 valence electrons. The van der Waals surface area contributed by atoms with Crippen molar-refractivity contribution in [2.45, 2.75) is 32.7 Å². The summed E-state index contributed by atoms with van der Waals surface area (Å²) < 4.78 is 41.2. The molecule has 1 aliphatic heterocycles. The fraction of sp³-hybridized carbons (Fsp3) is 0.625. The third-order valence-corrected chi connectivity index (χ3v) is 3.76. The molecule has 0 radical (unpaired) electrons. The first kappa shape index (κ1) is 17.1. The van der Waals surface area contributed by atoms with Crippen LogP contribution in [0.25, 0.3) is 0 Å². The van der Waals surface area contributed by atoms with Gasteiger partial charge in [-0.1, -0.05) is 26.0 Å². The van der Waals surface area contributed by atoms with Crippen LogP contribution in [0.15, 0.2) is 24.3 Å². The highest BCUT2D eigenvalue weighted by molar-refractivity contribution is 5.31. The van der Waals surface area contributed by atoms with Gasteiger partial charge in [-0.2, -0.15) is 0 Å². The molecule has 0 amide bonds. The Kier molecular flexibility index (Phi) is 5.69. The fourth-order valence-electron chi connectivity index (χ4n) is 2.86. The molecule has 1 fully saturated rings. The highest BCUT2D eigenvalue weighted by Gasteiger charge is 2.31. The summed E-state index contributed by atoms with van der Waals surface area (Å²) in [6, 6.07) is 6.51. The summed E-state index contributed by atoms with van der Waals surface area (Å²) in [5.74, 6) is 0.320. The second-order valence-corrected chi connectivity index (χ2v) is 6.05. The third kappa shape index (κ3) is 5.18. The number of hydrogen-bond donors (Lipinski definition) is 1. The van der Waals surface area contributed by atoms with Gasteiger partial charge in [0.2, 0.25) is 0 Å². The molecule has 1 saturated heterocycles. The summed E-state index contributed by atoms with van der Waals surface area (Å²) in [5.41, 5.74) is 0.886. The summed E-state index contributed by atoms with van der Waals surface area (Å²) in [7, 11) is 0. The van der Waals surface area contributed by atoms with Crippen LogP contribution in [-0.4, -0.2) is 37.4 Å². The minimum atomic E-state index is -4.65. The Labute approximate surface area is 129 Å². The van der Waals surface area contributed by atoms with Crippen LogP contribution in [0.3, 0.4) is 0 Å². The topological polar surface area (TPSA) is 24.5 Å². The van der Waals surface area contributed by atoms with E-state index in [0.29, 0.717) is 5.92 Å². The number of halogens is 3. The molecule has 1 N–H and O–H groups in total. The smallest absolute Gasteiger partial charge is 0.406 e. The first-order valence-electron chi connectivity index (χ1n) is 7.65. The summed E-state index contributed by atoms with van der Waals surface area (Å²) in [5, 5.41) is 3.30. The lowest BCUT2D eigenvalue weighted by Crippen LogP contribution is -2.45. The van der Waals surface area contributed by atoms with Crippen molar-refractivity contribution < 1.29 is 17.9 Å². The predicted octanol–water partition coefficient (Wildman–Crippen LogP) is 3.58. The lowest BCUT2D eigenvalue weighted by Gasteiger charge is -2.36. The van der Waals surface area contributed by atoms with E-state index in [1.54, 1.807) is 6.07 Å². The van der Waals surface area contributed by atoms with E-state index >= 15 is 0 Å². The molecular weight excluding hydrogens is 293 g/mol. The molecule has 6 heteroatoms. The van der Waals surface area contributed by atoms with Crippen molar-refractivity contribution in [1.82, 2.24) is 10.2 Å². The average molecular weight is 316 g/mol. The summed E-state index contributed by atoms with van der Waals surface area (Å²) in [6.45, 7) is 7.89. The van der Waals surface area contributed by atoms with Gasteiger partial charge in [0.15, 0.2) is 0 Å². The third-order valence-electron chi connectivity index (χ3n) is 3.76. The van der Waals surface area contributed by atoms with Crippen LogP contribution in [-0.2, 0) is 0 Å². The molecule has 1 aromatic carbocycles. The lowest BCUT2D eigenvalue weighted by molar-refractivity contribution is -0.274. The Morgan fingerprint density at radius 2 is 1.91 bits per heavy atom. The Morgan fingerprint density at radius 1 is 1.23 bits per heavy atom.